The lowest BCUT2D eigenvalue weighted by molar-refractivity contribution is 0.290. The van der Waals surface area contributed by atoms with Crippen LogP contribution in [0.4, 0.5) is 0 Å². The maximum atomic E-state index is 4.85. The molecule has 0 saturated heterocycles. The van der Waals surface area contributed by atoms with Gasteiger partial charge in [-0.2, -0.15) is 0 Å². The second-order valence-corrected chi connectivity index (χ2v) is 6.06. The van der Waals surface area contributed by atoms with Crippen LogP contribution in [0.2, 0.25) is 0 Å². The van der Waals surface area contributed by atoms with Crippen molar-refractivity contribution < 1.29 is 0 Å². The van der Waals surface area contributed by atoms with Gasteiger partial charge in [-0.1, -0.05) is 13.3 Å². The molecule has 0 amide bonds. The average molecular weight is 247 g/mol. The number of nitrogens with zero attached hydrogens (tertiary/aromatic N) is 1. The lowest BCUT2D eigenvalue weighted by Gasteiger charge is -2.26. The summed E-state index contributed by atoms with van der Waals surface area (Å²) in [5, 5.41) is 3.63. The zero-order valence-corrected chi connectivity index (χ0v) is 11.6. The Kier molecular flexibility index (Phi) is 3.42. The molecule has 2 unspecified atom stereocenters. The quantitative estimate of drug-likeness (QED) is 0.838. The number of fused-ring (bicyclic) bond motifs is 1. The number of imidazole rings is 1. The molecule has 0 spiro atoms. The standard InChI is InChI=1S/C15H25N3/c1-3-12-7-8-13-14(12)18-15(17-13)10(2)16-9-11-5-4-6-11/h10-12,16H,3-9H2,1-2H3,(H,17,18). The minimum absolute atomic E-state index is 0.369. The normalized spacial score (nSPS) is 24.9. The molecule has 0 aromatic carbocycles. The molecule has 0 aliphatic heterocycles. The summed E-state index contributed by atoms with van der Waals surface area (Å²) < 4.78 is 0. The molecular formula is C15H25N3. The molecule has 18 heavy (non-hydrogen) atoms. The van der Waals surface area contributed by atoms with Crippen LogP contribution in [-0.2, 0) is 6.42 Å². The molecular weight excluding hydrogens is 222 g/mol. The Morgan fingerprint density at radius 2 is 2.22 bits per heavy atom. The van der Waals surface area contributed by atoms with Gasteiger partial charge in [0.2, 0.25) is 0 Å². The van der Waals surface area contributed by atoms with Gasteiger partial charge in [0.15, 0.2) is 0 Å². The van der Waals surface area contributed by atoms with Crippen molar-refractivity contribution in [3.63, 3.8) is 0 Å². The first kappa shape index (κ1) is 12.2. The van der Waals surface area contributed by atoms with E-state index in [2.05, 4.69) is 24.1 Å². The van der Waals surface area contributed by atoms with Crippen LogP contribution in [0.1, 0.15) is 75.1 Å². The Labute approximate surface area is 110 Å². The molecule has 3 rings (SSSR count). The van der Waals surface area contributed by atoms with Crippen molar-refractivity contribution in [1.29, 1.82) is 0 Å². The Balaban J connectivity index is 1.61. The minimum Gasteiger partial charge on any atom is -0.344 e. The van der Waals surface area contributed by atoms with E-state index in [1.807, 2.05) is 0 Å². The van der Waals surface area contributed by atoms with E-state index < -0.39 is 0 Å². The highest BCUT2D eigenvalue weighted by molar-refractivity contribution is 5.25. The highest BCUT2D eigenvalue weighted by Gasteiger charge is 2.26. The first-order chi connectivity index (χ1) is 8.78. The molecule has 2 atom stereocenters. The summed E-state index contributed by atoms with van der Waals surface area (Å²) in [5.41, 5.74) is 2.75. The zero-order chi connectivity index (χ0) is 12.5. The van der Waals surface area contributed by atoms with Gasteiger partial charge in [-0.15, -0.1) is 0 Å². The van der Waals surface area contributed by atoms with Crippen molar-refractivity contribution in [2.75, 3.05) is 6.54 Å². The first-order valence-electron chi connectivity index (χ1n) is 7.60. The van der Waals surface area contributed by atoms with Crippen LogP contribution >= 0.6 is 0 Å². The number of hydrogen-bond donors (Lipinski definition) is 2. The molecule has 2 aliphatic rings. The molecule has 3 heteroatoms. The lowest BCUT2D eigenvalue weighted by Crippen LogP contribution is -2.29. The van der Waals surface area contributed by atoms with Gasteiger partial charge in [0, 0.05) is 11.6 Å². The summed E-state index contributed by atoms with van der Waals surface area (Å²) in [5.74, 6) is 2.76. The van der Waals surface area contributed by atoms with Gasteiger partial charge in [-0.25, -0.2) is 4.98 Å². The maximum Gasteiger partial charge on any atom is 0.123 e. The highest BCUT2D eigenvalue weighted by Crippen LogP contribution is 2.34. The Morgan fingerprint density at radius 3 is 2.89 bits per heavy atom. The van der Waals surface area contributed by atoms with E-state index in [9.17, 15) is 0 Å². The molecule has 1 fully saturated rings. The summed E-state index contributed by atoms with van der Waals surface area (Å²) >= 11 is 0. The van der Waals surface area contributed by atoms with E-state index in [-0.39, 0.29) is 0 Å². The molecule has 1 heterocycles. The predicted molar refractivity (Wildman–Crippen MR) is 73.7 cm³/mol. The SMILES string of the molecule is CCC1CCc2[nH]c(C(C)NCC3CCC3)nc21. The number of aryl methyl sites for hydroxylation is 1. The van der Waals surface area contributed by atoms with Crippen molar-refractivity contribution in [2.45, 2.75) is 64.3 Å². The summed E-state index contributed by atoms with van der Waals surface area (Å²) in [7, 11) is 0. The smallest absolute Gasteiger partial charge is 0.123 e. The van der Waals surface area contributed by atoms with Crippen molar-refractivity contribution in [2.24, 2.45) is 5.92 Å². The second kappa shape index (κ2) is 5.04. The molecule has 2 N–H and O–H groups in total. The molecule has 0 bridgehead atoms. The third kappa shape index (κ3) is 2.20. The number of H-pyrrole nitrogens is 1. The van der Waals surface area contributed by atoms with E-state index in [0.29, 0.717) is 12.0 Å². The van der Waals surface area contributed by atoms with Gasteiger partial charge in [-0.3, -0.25) is 0 Å². The van der Waals surface area contributed by atoms with Crippen LogP contribution in [0, 0.1) is 5.92 Å². The maximum absolute atomic E-state index is 4.85. The van der Waals surface area contributed by atoms with Gasteiger partial charge in [-0.05, 0) is 51.5 Å². The second-order valence-electron chi connectivity index (χ2n) is 6.06. The van der Waals surface area contributed by atoms with E-state index in [1.54, 1.807) is 0 Å². The zero-order valence-electron chi connectivity index (χ0n) is 11.6. The Bertz CT molecular complexity index is 406. The fourth-order valence-electron chi connectivity index (χ4n) is 3.17. The van der Waals surface area contributed by atoms with Crippen molar-refractivity contribution >= 4 is 0 Å². The summed E-state index contributed by atoms with van der Waals surface area (Å²) in [6.45, 7) is 5.66. The van der Waals surface area contributed by atoms with Crippen molar-refractivity contribution in [3.05, 3.63) is 17.2 Å². The fourth-order valence-corrected chi connectivity index (χ4v) is 3.17. The summed E-state index contributed by atoms with van der Waals surface area (Å²) in [6, 6.07) is 0.369. The topological polar surface area (TPSA) is 40.7 Å². The number of nitrogens with one attached hydrogen (secondary N) is 2. The number of aromatic nitrogens is 2. The molecule has 3 nitrogen and oxygen atoms in total. The average Bonchev–Trinajstić information content (AvgIpc) is 2.85. The summed E-state index contributed by atoms with van der Waals surface area (Å²) in [6.07, 6.45) is 7.94. The van der Waals surface area contributed by atoms with Gasteiger partial charge >= 0.3 is 0 Å². The van der Waals surface area contributed by atoms with Gasteiger partial charge in [0.25, 0.3) is 0 Å². The number of rotatable bonds is 5. The Morgan fingerprint density at radius 1 is 1.39 bits per heavy atom. The van der Waals surface area contributed by atoms with Gasteiger partial charge in [0.05, 0.1) is 11.7 Å². The van der Waals surface area contributed by atoms with Crippen LogP contribution < -0.4 is 5.32 Å². The van der Waals surface area contributed by atoms with E-state index in [4.69, 9.17) is 4.98 Å². The molecule has 100 valence electrons. The molecule has 2 aliphatic carbocycles. The van der Waals surface area contributed by atoms with E-state index in [1.165, 1.54) is 49.9 Å². The van der Waals surface area contributed by atoms with Crippen LogP contribution in [0.5, 0.6) is 0 Å². The molecule has 0 radical (unpaired) electrons. The number of aromatic amines is 1. The minimum atomic E-state index is 0.369. The van der Waals surface area contributed by atoms with Gasteiger partial charge < -0.3 is 10.3 Å². The fraction of sp³-hybridized carbons (Fsp3) is 0.800. The van der Waals surface area contributed by atoms with Crippen LogP contribution in [0.3, 0.4) is 0 Å². The Hall–Kier alpha value is -0.830. The first-order valence-corrected chi connectivity index (χ1v) is 7.60. The van der Waals surface area contributed by atoms with E-state index in [0.717, 1.165) is 18.3 Å². The van der Waals surface area contributed by atoms with Crippen LogP contribution in [0.25, 0.3) is 0 Å². The van der Waals surface area contributed by atoms with Crippen molar-refractivity contribution in [1.82, 2.24) is 15.3 Å². The lowest BCUT2D eigenvalue weighted by atomic mass is 9.85. The predicted octanol–water partition coefficient (Wildman–Crippen LogP) is 3.30. The largest absolute Gasteiger partial charge is 0.344 e. The van der Waals surface area contributed by atoms with E-state index >= 15 is 0 Å². The third-order valence-electron chi connectivity index (χ3n) is 4.80. The molecule has 1 aromatic heterocycles. The molecule has 1 aromatic rings. The number of hydrogen-bond acceptors (Lipinski definition) is 2. The summed E-state index contributed by atoms with van der Waals surface area (Å²) in [4.78, 5) is 8.39. The molecule has 1 saturated carbocycles. The van der Waals surface area contributed by atoms with Crippen molar-refractivity contribution in [3.8, 4) is 0 Å². The third-order valence-corrected chi connectivity index (χ3v) is 4.80. The van der Waals surface area contributed by atoms with Crippen LogP contribution in [0.15, 0.2) is 0 Å². The monoisotopic (exact) mass is 247 g/mol. The highest BCUT2D eigenvalue weighted by atomic mass is 15.0. The van der Waals surface area contributed by atoms with Gasteiger partial charge in [0.1, 0.15) is 5.82 Å². The van der Waals surface area contributed by atoms with Crippen LogP contribution in [-0.4, -0.2) is 16.5 Å².